The van der Waals surface area contributed by atoms with Gasteiger partial charge in [-0.1, -0.05) is 61.6 Å². The minimum absolute atomic E-state index is 0.0730. The normalized spacial score (nSPS) is 21.7. The van der Waals surface area contributed by atoms with E-state index in [4.69, 9.17) is 5.73 Å². The van der Waals surface area contributed by atoms with Gasteiger partial charge in [-0.2, -0.15) is 0 Å². The van der Waals surface area contributed by atoms with E-state index in [0.29, 0.717) is 12.5 Å². The van der Waals surface area contributed by atoms with Crippen LogP contribution in [-0.4, -0.2) is 30.5 Å². The third-order valence-electron chi connectivity index (χ3n) is 6.91. The molecular formula is C24H31BN2O2. The molecule has 29 heavy (non-hydrogen) atoms. The van der Waals surface area contributed by atoms with Crippen LogP contribution < -0.4 is 11.1 Å². The molecule has 1 fully saturated rings. The molecule has 0 heterocycles. The molecule has 4 rings (SSSR count). The molecule has 2 aromatic rings. The lowest BCUT2D eigenvalue weighted by Crippen LogP contribution is -2.60. The summed E-state index contributed by atoms with van der Waals surface area (Å²) in [6, 6.07) is 15.8. The number of fused-ring (bicyclic) bond motifs is 3. The number of carboxylic acids is 1. The summed E-state index contributed by atoms with van der Waals surface area (Å²) in [5.41, 5.74) is 12.1. The molecule has 2 aromatic carbocycles. The summed E-state index contributed by atoms with van der Waals surface area (Å²) in [5, 5.41) is 13.3. The predicted octanol–water partition coefficient (Wildman–Crippen LogP) is 3.13. The fourth-order valence-corrected chi connectivity index (χ4v) is 4.93. The summed E-state index contributed by atoms with van der Waals surface area (Å²) >= 11 is 0. The number of nitrogens with one attached hydrogen (secondary N) is 1. The van der Waals surface area contributed by atoms with Gasteiger partial charge < -0.3 is 16.2 Å². The number of carboxylic acid groups (broad SMARTS) is 1. The number of nitrogens with two attached hydrogens (primary N) is 1. The Balaban J connectivity index is 1.30. The Hall–Kier alpha value is -2.11. The molecule has 2 aliphatic carbocycles. The van der Waals surface area contributed by atoms with Crippen LogP contribution in [0, 0.1) is 5.92 Å². The number of hydrogen-bond acceptors (Lipinski definition) is 3. The van der Waals surface area contributed by atoms with Crippen LogP contribution in [0.15, 0.2) is 42.5 Å². The second-order valence-corrected chi connectivity index (χ2v) is 8.87. The highest BCUT2D eigenvalue weighted by molar-refractivity contribution is 6.08. The maximum atomic E-state index is 11.8. The lowest BCUT2D eigenvalue weighted by atomic mass is 9.66. The Morgan fingerprint density at radius 2 is 1.90 bits per heavy atom. The van der Waals surface area contributed by atoms with E-state index in [1.54, 1.807) is 0 Å². The van der Waals surface area contributed by atoms with Crippen molar-refractivity contribution >= 4 is 13.8 Å². The summed E-state index contributed by atoms with van der Waals surface area (Å²) in [6.07, 6.45) is 6.32. The Morgan fingerprint density at radius 1 is 1.14 bits per heavy atom. The fraction of sp³-hybridized carbons (Fsp3) is 0.458. The Kier molecular flexibility index (Phi) is 5.80. The molecular weight excluding hydrogens is 359 g/mol. The first-order valence-electron chi connectivity index (χ1n) is 11.0. The molecule has 0 saturated heterocycles. The molecule has 1 atom stereocenters. The minimum atomic E-state index is -1.06. The zero-order valence-electron chi connectivity index (χ0n) is 17.3. The lowest BCUT2D eigenvalue weighted by molar-refractivity contribution is -0.148. The van der Waals surface area contributed by atoms with Gasteiger partial charge in [-0.3, -0.25) is 4.79 Å². The monoisotopic (exact) mass is 390 g/mol. The number of hydrogen-bond donors (Lipinski definition) is 3. The van der Waals surface area contributed by atoms with Gasteiger partial charge in [-0.05, 0) is 59.4 Å². The van der Waals surface area contributed by atoms with Gasteiger partial charge >= 0.3 is 5.97 Å². The molecule has 1 unspecified atom stereocenters. The van der Waals surface area contributed by atoms with E-state index in [1.165, 1.54) is 27.8 Å². The number of aliphatic carboxylic acids is 1. The van der Waals surface area contributed by atoms with E-state index in [2.05, 4.69) is 55.6 Å². The Bertz CT molecular complexity index is 894. The Morgan fingerprint density at radius 3 is 2.66 bits per heavy atom. The van der Waals surface area contributed by atoms with Crippen LogP contribution in [0.1, 0.15) is 48.8 Å². The smallest absolute Gasteiger partial charge is 0.323 e. The maximum absolute atomic E-state index is 11.8. The molecule has 5 heteroatoms. The van der Waals surface area contributed by atoms with Crippen molar-refractivity contribution in [1.82, 2.24) is 5.32 Å². The van der Waals surface area contributed by atoms with E-state index >= 15 is 0 Å². The third-order valence-corrected chi connectivity index (χ3v) is 6.91. The number of unbranched alkanes of at least 4 members (excludes halogenated alkanes) is 1. The van der Waals surface area contributed by atoms with Crippen molar-refractivity contribution in [2.75, 3.05) is 0 Å². The zero-order chi connectivity index (χ0) is 20.4. The molecule has 0 spiro atoms. The van der Waals surface area contributed by atoms with Crippen molar-refractivity contribution in [3.8, 4) is 11.1 Å². The molecule has 0 amide bonds. The van der Waals surface area contributed by atoms with Crippen LogP contribution in [0.3, 0.4) is 0 Å². The molecule has 152 valence electrons. The summed E-state index contributed by atoms with van der Waals surface area (Å²) in [5.74, 6) is -0.765. The number of carbonyl (C=O) groups is 1. The van der Waals surface area contributed by atoms with Gasteiger partial charge in [-0.25, -0.2) is 0 Å². The molecule has 2 aliphatic rings. The van der Waals surface area contributed by atoms with Crippen LogP contribution in [0.25, 0.3) is 11.1 Å². The second-order valence-electron chi connectivity index (χ2n) is 8.87. The molecule has 4 N–H and O–H groups in total. The van der Waals surface area contributed by atoms with Crippen LogP contribution in [0.4, 0.5) is 0 Å². The fourth-order valence-electron chi connectivity index (χ4n) is 4.93. The van der Waals surface area contributed by atoms with Gasteiger partial charge in [0.05, 0.1) is 0 Å². The standard InChI is InChI=1S/C24H31BN2O2/c25-10-4-3-9-24(26,23(28)29)19-13-20(14-19)27-15-16-7-8-22-18(11-16)12-17-5-1-2-6-21(17)22/h1-2,5-8,11,19-20,27H,3-4,9-10,12-15,25-26H2,(H,28,29)/t19-,20+,24?. The summed E-state index contributed by atoms with van der Waals surface area (Å²) in [7, 11) is 2.12. The van der Waals surface area contributed by atoms with Gasteiger partial charge in [0, 0.05) is 12.6 Å². The van der Waals surface area contributed by atoms with Crippen LogP contribution >= 0.6 is 0 Å². The quantitative estimate of drug-likeness (QED) is 0.388. The third kappa shape index (κ3) is 3.99. The average Bonchev–Trinajstić information content (AvgIpc) is 3.04. The first-order chi connectivity index (χ1) is 14.0. The van der Waals surface area contributed by atoms with E-state index in [1.807, 2.05) is 0 Å². The highest BCUT2D eigenvalue weighted by Crippen LogP contribution is 2.39. The summed E-state index contributed by atoms with van der Waals surface area (Å²) in [6.45, 7) is 0.821. The predicted molar refractivity (Wildman–Crippen MR) is 120 cm³/mol. The van der Waals surface area contributed by atoms with Crippen LogP contribution in [0.2, 0.25) is 6.32 Å². The van der Waals surface area contributed by atoms with E-state index in [0.717, 1.165) is 45.0 Å². The van der Waals surface area contributed by atoms with E-state index in [9.17, 15) is 9.90 Å². The van der Waals surface area contributed by atoms with E-state index in [-0.39, 0.29) is 5.92 Å². The molecule has 4 nitrogen and oxygen atoms in total. The SMILES string of the molecule is BCCCCC(N)(C(=O)O)[C@H]1C[C@@H](NCc2ccc3c(c2)Cc2ccccc2-3)C1. The summed E-state index contributed by atoms with van der Waals surface area (Å²) < 4.78 is 0. The second kappa shape index (κ2) is 8.33. The van der Waals surface area contributed by atoms with Gasteiger partial charge in [0.2, 0.25) is 0 Å². The lowest BCUT2D eigenvalue weighted by Gasteiger charge is -2.45. The van der Waals surface area contributed by atoms with Crippen molar-refractivity contribution in [2.45, 2.75) is 63.0 Å². The van der Waals surface area contributed by atoms with Crippen LogP contribution in [0.5, 0.6) is 0 Å². The summed E-state index contributed by atoms with van der Waals surface area (Å²) in [4.78, 5) is 11.8. The van der Waals surface area contributed by atoms with Crippen molar-refractivity contribution in [3.63, 3.8) is 0 Å². The first-order valence-corrected chi connectivity index (χ1v) is 11.0. The van der Waals surface area contributed by atoms with Crippen molar-refractivity contribution in [3.05, 3.63) is 59.2 Å². The molecule has 0 aliphatic heterocycles. The minimum Gasteiger partial charge on any atom is -0.480 e. The highest BCUT2D eigenvalue weighted by Gasteiger charge is 2.47. The van der Waals surface area contributed by atoms with Crippen molar-refractivity contribution < 1.29 is 9.90 Å². The number of benzene rings is 2. The molecule has 0 aromatic heterocycles. The van der Waals surface area contributed by atoms with E-state index < -0.39 is 11.5 Å². The number of rotatable bonds is 9. The highest BCUT2D eigenvalue weighted by atomic mass is 16.4. The molecule has 1 saturated carbocycles. The topological polar surface area (TPSA) is 75.4 Å². The van der Waals surface area contributed by atoms with Gasteiger partial charge in [0.25, 0.3) is 0 Å². The Labute approximate surface area is 174 Å². The van der Waals surface area contributed by atoms with Crippen molar-refractivity contribution in [1.29, 1.82) is 0 Å². The average molecular weight is 390 g/mol. The van der Waals surface area contributed by atoms with Gasteiger partial charge in [0.1, 0.15) is 13.4 Å². The first kappa shape index (κ1) is 20.2. The largest absolute Gasteiger partial charge is 0.480 e. The molecule has 0 radical (unpaired) electrons. The van der Waals surface area contributed by atoms with Crippen LogP contribution in [-0.2, 0) is 17.8 Å². The molecule has 0 bridgehead atoms. The van der Waals surface area contributed by atoms with Gasteiger partial charge in [-0.15, -0.1) is 0 Å². The van der Waals surface area contributed by atoms with Gasteiger partial charge in [0.15, 0.2) is 0 Å². The maximum Gasteiger partial charge on any atom is 0.323 e. The van der Waals surface area contributed by atoms with Crippen molar-refractivity contribution in [2.24, 2.45) is 11.7 Å². The zero-order valence-corrected chi connectivity index (χ0v) is 17.3.